The summed E-state index contributed by atoms with van der Waals surface area (Å²) in [6.45, 7) is 3.50. The molecule has 1 aliphatic carbocycles. The van der Waals surface area contributed by atoms with Crippen LogP contribution in [0.4, 0.5) is 0 Å². The summed E-state index contributed by atoms with van der Waals surface area (Å²) >= 11 is 0. The molecular formula is C11H14O5. The third-order valence-corrected chi connectivity index (χ3v) is 4.14. The average Bonchev–Trinajstić information content (AvgIpc) is 2.39. The Kier molecular flexibility index (Phi) is 2.12. The van der Waals surface area contributed by atoms with Gasteiger partial charge in [0.05, 0.1) is 13.0 Å². The molecule has 5 heteroatoms. The molecule has 1 heterocycles. The molecule has 2 aliphatic rings. The van der Waals surface area contributed by atoms with Crippen LogP contribution in [0.25, 0.3) is 0 Å². The van der Waals surface area contributed by atoms with Crippen molar-refractivity contribution in [1.82, 2.24) is 0 Å². The zero-order valence-electron chi connectivity index (χ0n) is 9.53. The SMILES string of the molecule is COC(=O)C12CCC(C(=O)OC1=O)C2(C)C. The Morgan fingerprint density at radius 2 is 2.06 bits per heavy atom. The number of methoxy groups -OCH3 is 1. The fraction of sp³-hybridized carbons (Fsp3) is 0.727. The molecule has 2 fully saturated rings. The van der Waals surface area contributed by atoms with E-state index in [4.69, 9.17) is 4.74 Å². The van der Waals surface area contributed by atoms with Crippen LogP contribution >= 0.6 is 0 Å². The number of ether oxygens (including phenoxy) is 2. The van der Waals surface area contributed by atoms with E-state index in [1.165, 1.54) is 7.11 Å². The predicted octanol–water partition coefficient (Wildman–Crippen LogP) is 0.665. The van der Waals surface area contributed by atoms with Crippen LogP contribution in [-0.4, -0.2) is 25.0 Å². The minimum atomic E-state index is -1.31. The highest BCUT2D eigenvalue weighted by molar-refractivity contribution is 6.08. The zero-order valence-corrected chi connectivity index (χ0v) is 9.53. The monoisotopic (exact) mass is 226 g/mol. The highest BCUT2D eigenvalue weighted by Gasteiger charge is 2.70. The zero-order chi connectivity index (χ0) is 12.1. The average molecular weight is 226 g/mol. The minimum absolute atomic E-state index is 0.321. The summed E-state index contributed by atoms with van der Waals surface area (Å²) < 4.78 is 9.36. The molecule has 1 aliphatic heterocycles. The molecule has 0 amide bonds. The number of esters is 3. The second kappa shape index (κ2) is 3.06. The standard InChI is InChI=1S/C11H14O5/c1-10(2)6-4-5-11(10,8(13)15-3)9(14)16-7(6)12/h6H,4-5H2,1-3H3. The molecule has 1 saturated heterocycles. The predicted molar refractivity (Wildman–Crippen MR) is 52.1 cm³/mol. The maximum atomic E-state index is 11.9. The van der Waals surface area contributed by atoms with Gasteiger partial charge in [-0.2, -0.15) is 0 Å². The summed E-state index contributed by atoms with van der Waals surface area (Å²) in [5.74, 6) is -2.28. The minimum Gasteiger partial charge on any atom is -0.468 e. The molecule has 0 spiro atoms. The van der Waals surface area contributed by atoms with Gasteiger partial charge in [0.1, 0.15) is 0 Å². The van der Waals surface area contributed by atoms with Gasteiger partial charge < -0.3 is 9.47 Å². The maximum absolute atomic E-state index is 11.9. The molecular weight excluding hydrogens is 212 g/mol. The fourth-order valence-corrected chi connectivity index (χ4v) is 2.99. The van der Waals surface area contributed by atoms with E-state index in [2.05, 4.69) is 4.74 Å². The van der Waals surface area contributed by atoms with Gasteiger partial charge in [0.25, 0.3) is 0 Å². The van der Waals surface area contributed by atoms with Crippen molar-refractivity contribution in [2.45, 2.75) is 26.7 Å². The van der Waals surface area contributed by atoms with Crippen LogP contribution in [0.2, 0.25) is 0 Å². The smallest absolute Gasteiger partial charge is 0.331 e. The molecule has 2 rings (SSSR count). The van der Waals surface area contributed by atoms with E-state index < -0.39 is 34.7 Å². The topological polar surface area (TPSA) is 69.7 Å². The Bertz CT molecular complexity index is 384. The number of hydrogen-bond acceptors (Lipinski definition) is 5. The summed E-state index contributed by atoms with van der Waals surface area (Å²) in [7, 11) is 1.24. The van der Waals surface area contributed by atoms with Crippen molar-refractivity contribution in [3.05, 3.63) is 0 Å². The first-order valence-electron chi connectivity index (χ1n) is 5.22. The Hall–Kier alpha value is -1.39. The molecule has 16 heavy (non-hydrogen) atoms. The van der Waals surface area contributed by atoms with Crippen LogP contribution in [0, 0.1) is 16.7 Å². The van der Waals surface area contributed by atoms with E-state index in [-0.39, 0.29) is 0 Å². The number of cyclic esters (lactones) is 2. The van der Waals surface area contributed by atoms with Crippen molar-refractivity contribution in [3.63, 3.8) is 0 Å². The normalized spacial score (nSPS) is 35.8. The molecule has 2 atom stereocenters. The number of hydrogen-bond donors (Lipinski definition) is 0. The lowest BCUT2D eigenvalue weighted by Gasteiger charge is -2.41. The van der Waals surface area contributed by atoms with Gasteiger partial charge in [-0.05, 0) is 12.8 Å². The van der Waals surface area contributed by atoms with Crippen molar-refractivity contribution < 1.29 is 23.9 Å². The van der Waals surface area contributed by atoms with Gasteiger partial charge in [-0.25, -0.2) is 0 Å². The summed E-state index contributed by atoms with van der Waals surface area (Å²) in [6.07, 6.45) is 0.814. The van der Waals surface area contributed by atoms with Crippen LogP contribution in [0.5, 0.6) is 0 Å². The van der Waals surface area contributed by atoms with E-state index in [0.29, 0.717) is 12.8 Å². The molecule has 0 radical (unpaired) electrons. The number of carbonyl (C=O) groups excluding carboxylic acids is 3. The van der Waals surface area contributed by atoms with E-state index in [0.717, 1.165) is 0 Å². The molecule has 0 aromatic heterocycles. The van der Waals surface area contributed by atoms with Gasteiger partial charge in [0, 0.05) is 5.41 Å². The van der Waals surface area contributed by atoms with Gasteiger partial charge in [-0.1, -0.05) is 13.8 Å². The van der Waals surface area contributed by atoms with Crippen LogP contribution < -0.4 is 0 Å². The summed E-state index contributed by atoms with van der Waals surface area (Å²) in [4.78, 5) is 35.2. The van der Waals surface area contributed by atoms with Gasteiger partial charge in [0.15, 0.2) is 5.41 Å². The van der Waals surface area contributed by atoms with Crippen LogP contribution in [0.3, 0.4) is 0 Å². The van der Waals surface area contributed by atoms with Crippen LogP contribution in [0.15, 0.2) is 0 Å². The van der Waals surface area contributed by atoms with Crippen molar-refractivity contribution in [2.75, 3.05) is 7.11 Å². The molecule has 88 valence electrons. The lowest BCUT2D eigenvalue weighted by atomic mass is 9.63. The second-order valence-corrected chi connectivity index (χ2v) is 4.92. The van der Waals surface area contributed by atoms with Crippen molar-refractivity contribution >= 4 is 17.9 Å². The molecule has 0 N–H and O–H groups in total. The van der Waals surface area contributed by atoms with Crippen molar-refractivity contribution in [3.8, 4) is 0 Å². The van der Waals surface area contributed by atoms with Gasteiger partial charge in [-0.3, -0.25) is 14.4 Å². The Morgan fingerprint density at radius 3 is 2.62 bits per heavy atom. The van der Waals surface area contributed by atoms with Gasteiger partial charge >= 0.3 is 17.9 Å². The number of rotatable bonds is 1. The van der Waals surface area contributed by atoms with Crippen LogP contribution in [-0.2, 0) is 23.9 Å². The van der Waals surface area contributed by atoms with E-state index in [9.17, 15) is 14.4 Å². The Labute approximate surface area is 93.1 Å². The highest BCUT2D eigenvalue weighted by Crippen LogP contribution is 2.60. The summed E-state index contributed by atoms with van der Waals surface area (Å²) in [6, 6.07) is 0. The number of fused-ring (bicyclic) bond motifs is 2. The molecule has 2 bridgehead atoms. The first kappa shape index (κ1) is 11.1. The van der Waals surface area contributed by atoms with Gasteiger partial charge in [-0.15, -0.1) is 0 Å². The third-order valence-electron chi connectivity index (χ3n) is 4.14. The lowest BCUT2D eigenvalue weighted by molar-refractivity contribution is -0.194. The summed E-state index contributed by atoms with van der Waals surface area (Å²) in [5.41, 5.74) is -2.03. The molecule has 1 saturated carbocycles. The van der Waals surface area contributed by atoms with E-state index in [1.54, 1.807) is 13.8 Å². The van der Waals surface area contributed by atoms with Crippen molar-refractivity contribution in [2.24, 2.45) is 16.7 Å². The molecule has 2 unspecified atom stereocenters. The van der Waals surface area contributed by atoms with Gasteiger partial charge in [0.2, 0.25) is 0 Å². The lowest BCUT2D eigenvalue weighted by Crippen LogP contribution is -2.56. The second-order valence-electron chi connectivity index (χ2n) is 4.92. The molecule has 0 aromatic carbocycles. The molecule has 5 nitrogen and oxygen atoms in total. The third kappa shape index (κ3) is 0.982. The Balaban J connectivity index is 2.56. The van der Waals surface area contributed by atoms with Crippen LogP contribution in [0.1, 0.15) is 26.7 Å². The quantitative estimate of drug-likeness (QED) is 0.485. The number of carbonyl (C=O) groups is 3. The fourth-order valence-electron chi connectivity index (χ4n) is 2.99. The first-order chi connectivity index (χ1) is 7.38. The largest absolute Gasteiger partial charge is 0.468 e. The van der Waals surface area contributed by atoms with E-state index >= 15 is 0 Å². The van der Waals surface area contributed by atoms with Crippen molar-refractivity contribution in [1.29, 1.82) is 0 Å². The van der Waals surface area contributed by atoms with E-state index in [1.807, 2.05) is 0 Å². The first-order valence-corrected chi connectivity index (χ1v) is 5.22. The highest BCUT2D eigenvalue weighted by atomic mass is 16.6. The molecule has 0 aromatic rings. The Morgan fingerprint density at radius 1 is 1.44 bits per heavy atom. The maximum Gasteiger partial charge on any atom is 0.331 e. The summed E-state index contributed by atoms with van der Waals surface area (Å²) in [5, 5.41) is 0.